The molecular formula is C30H42N6O5. The van der Waals surface area contributed by atoms with Crippen molar-refractivity contribution in [2.75, 3.05) is 20.2 Å². The van der Waals surface area contributed by atoms with Crippen molar-refractivity contribution in [1.82, 2.24) is 14.9 Å². The van der Waals surface area contributed by atoms with Gasteiger partial charge in [-0.25, -0.2) is 9.78 Å². The van der Waals surface area contributed by atoms with Crippen molar-refractivity contribution in [1.29, 1.82) is 0 Å². The zero-order valence-corrected chi connectivity index (χ0v) is 24.6. The first-order valence-corrected chi connectivity index (χ1v) is 14.4. The van der Waals surface area contributed by atoms with Crippen molar-refractivity contribution in [3.05, 3.63) is 29.2 Å². The van der Waals surface area contributed by atoms with Gasteiger partial charge in [0.2, 0.25) is 5.88 Å². The van der Waals surface area contributed by atoms with Crippen LogP contribution in [0.2, 0.25) is 0 Å². The Kier molecular flexibility index (Phi) is 9.26. The number of Topliss-reactive ketones (excluding diaryl/α,β-unsaturated/α-hetero) is 2. The SMILES string of the molecule is CN1CCC[C@H]1COc1cc(/C(N)=C/C=N/C(=O)OC(C)(C)C)nc(/C(N)=C2\CCC[C@@]3(CCCCC3=O)C2=O)n1. The van der Waals surface area contributed by atoms with Crippen LogP contribution in [0.15, 0.2) is 22.7 Å². The van der Waals surface area contributed by atoms with E-state index in [9.17, 15) is 14.4 Å². The molecule has 1 amide bonds. The minimum Gasteiger partial charge on any atom is -0.476 e. The molecule has 222 valence electrons. The van der Waals surface area contributed by atoms with E-state index in [0.29, 0.717) is 50.0 Å². The van der Waals surface area contributed by atoms with Crippen LogP contribution in [0, 0.1) is 5.41 Å². The van der Waals surface area contributed by atoms with E-state index in [4.69, 9.17) is 20.9 Å². The molecule has 3 aliphatic rings. The minimum absolute atomic E-state index is 0.00887. The van der Waals surface area contributed by atoms with Crippen LogP contribution < -0.4 is 16.2 Å². The summed E-state index contributed by atoms with van der Waals surface area (Å²) in [6.45, 7) is 6.67. The number of ether oxygens (including phenoxy) is 2. The molecule has 4 rings (SSSR count). The van der Waals surface area contributed by atoms with Gasteiger partial charge in [0.15, 0.2) is 11.6 Å². The number of carbonyl (C=O) groups is 3. The van der Waals surface area contributed by atoms with Crippen LogP contribution in [0.5, 0.6) is 5.88 Å². The Labute approximate surface area is 241 Å². The highest BCUT2D eigenvalue weighted by molar-refractivity contribution is 6.17. The van der Waals surface area contributed by atoms with Gasteiger partial charge < -0.3 is 25.8 Å². The van der Waals surface area contributed by atoms with Crippen molar-refractivity contribution < 1.29 is 23.9 Å². The van der Waals surface area contributed by atoms with Gasteiger partial charge in [-0.2, -0.15) is 9.98 Å². The molecule has 1 aromatic heterocycles. The summed E-state index contributed by atoms with van der Waals surface area (Å²) in [4.78, 5) is 53.7. The summed E-state index contributed by atoms with van der Waals surface area (Å²) in [7, 11) is 2.06. The lowest BCUT2D eigenvalue weighted by Crippen LogP contribution is -2.45. The molecule has 2 atom stereocenters. The Morgan fingerprint density at radius 3 is 2.59 bits per heavy atom. The van der Waals surface area contributed by atoms with E-state index in [1.54, 1.807) is 26.8 Å². The zero-order chi connectivity index (χ0) is 29.8. The van der Waals surface area contributed by atoms with E-state index in [0.717, 1.165) is 32.2 Å². The number of ketones is 2. The Balaban J connectivity index is 1.66. The molecule has 2 saturated carbocycles. The summed E-state index contributed by atoms with van der Waals surface area (Å²) in [5.41, 5.74) is 12.3. The highest BCUT2D eigenvalue weighted by Crippen LogP contribution is 2.45. The number of allylic oxidation sites excluding steroid dienone is 2. The van der Waals surface area contributed by atoms with Crippen LogP contribution in [-0.4, -0.2) is 70.6 Å². The number of nitrogens with zero attached hydrogens (tertiary/aromatic N) is 4. The Morgan fingerprint density at radius 2 is 1.90 bits per heavy atom. The third-order valence-corrected chi connectivity index (χ3v) is 8.02. The van der Waals surface area contributed by atoms with Crippen LogP contribution in [0.1, 0.15) is 90.1 Å². The lowest BCUT2D eigenvalue weighted by Gasteiger charge is -2.38. The van der Waals surface area contributed by atoms with Gasteiger partial charge in [0.25, 0.3) is 0 Å². The maximum atomic E-state index is 13.7. The first-order valence-electron chi connectivity index (χ1n) is 14.4. The van der Waals surface area contributed by atoms with E-state index in [1.807, 2.05) is 0 Å². The second-order valence-electron chi connectivity index (χ2n) is 12.2. The maximum Gasteiger partial charge on any atom is 0.434 e. The van der Waals surface area contributed by atoms with Gasteiger partial charge in [0, 0.05) is 30.3 Å². The van der Waals surface area contributed by atoms with E-state index in [2.05, 4.69) is 26.9 Å². The summed E-state index contributed by atoms with van der Waals surface area (Å²) < 4.78 is 11.3. The van der Waals surface area contributed by atoms with Crippen molar-refractivity contribution in [3.63, 3.8) is 0 Å². The topological polar surface area (TPSA) is 163 Å². The standard InChI is InChI=1S/C30H42N6O5/c1-29(2,3)41-28(39)33-15-12-21(31)22-17-24(40-18-19-9-8-16-36(19)4)35-27(34-22)25(32)20-10-7-14-30(26(20)38)13-6-5-11-23(30)37/h12,15,17,19H,5-11,13-14,16,18,31-32H2,1-4H3/b21-12-,25-20-,33-15+/t19-,30+/m0/s1. The minimum atomic E-state index is -0.989. The third-order valence-electron chi connectivity index (χ3n) is 8.02. The van der Waals surface area contributed by atoms with Gasteiger partial charge in [-0.1, -0.05) is 6.42 Å². The fourth-order valence-corrected chi connectivity index (χ4v) is 5.76. The molecule has 0 unspecified atom stereocenters. The fourth-order valence-electron chi connectivity index (χ4n) is 5.76. The summed E-state index contributed by atoms with van der Waals surface area (Å²) in [6, 6.07) is 1.84. The Morgan fingerprint density at radius 1 is 1.15 bits per heavy atom. The lowest BCUT2D eigenvalue weighted by atomic mass is 9.62. The average Bonchev–Trinajstić information content (AvgIpc) is 3.33. The molecular weight excluding hydrogens is 524 g/mol. The number of aliphatic imine (C=N–C) groups is 1. The van der Waals surface area contributed by atoms with Gasteiger partial charge in [0.05, 0.1) is 22.5 Å². The summed E-state index contributed by atoms with van der Waals surface area (Å²) in [5.74, 6) is 0.181. The lowest BCUT2D eigenvalue weighted by molar-refractivity contribution is -0.143. The van der Waals surface area contributed by atoms with Crippen molar-refractivity contribution in [3.8, 4) is 5.88 Å². The Bertz CT molecular complexity index is 1280. The summed E-state index contributed by atoms with van der Waals surface area (Å²) in [5, 5.41) is 0. The van der Waals surface area contributed by atoms with Crippen LogP contribution >= 0.6 is 0 Å². The quantitative estimate of drug-likeness (QED) is 0.294. The van der Waals surface area contributed by atoms with Gasteiger partial charge in [0.1, 0.15) is 18.0 Å². The largest absolute Gasteiger partial charge is 0.476 e. The second kappa shape index (κ2) is 12.5. The van der Waals surface area contributed by atoms with E-state index in [-0.39, 0.29) is 40.7 Å². The number of aromatic nitrogens is 2. The van der Waals surface area contributed by atoms with Crippen LogP contribution in [-0.2, 0) is 14.3 Å². The van der Waals surface area contributed by atoms with E-state index >= 15 is 0 Å². The van der Waals surface area contributed by atoms with Crippen molar-refractivity contribution in [2.45, 2.75) is 90.2 Å². The van der Waals surface area contributed by atoms with Gasteiger partial charge in [-0.05, 0) is 85.4 Å². The molecule has 1 spiro atoms. The molecule has 11 nitrogen and oxygen atoms in total. The Hall–Kier alpha value is -3.60. The molecule has 11 heteroatoms. The first-order chi connectivity index (χ1) is 19.4. The number of hydrogen-bond acceptors (Lipinski definition) is 10. The molecule has 2 aliphatic carbocycles. The number of hydrogen-bond donors (Lipinski definition) is 2. The molecule has 0 bridgehead atoms. The molecule has 41 heavy (non-hydrogen) atoms. The molecule has 2 heterocycles. The van der Waals surface area contributed by atoms with E-state index in [1.165, 1.54) is 12.3 Å². The average molecular weight is 567 g/mol. The molecule has 1 aliphatic heterocycles. The van der Waals surface area contributed by atoms with Crippen molar-refractivity contribution in [2.24, 2.45) is 21.9 Å². The first kappa shape index (κ1) is 30.4. The molecule has 0 aromatic carbocycles. The molecule has 4 N–H and O–H groups in total. The predicted octanol–water partition coefficient (Wildman–Crippen LogP) is 3.81. The van der Waals surface area contributed by atoms with Crippen molar-refractivity contribution >= 4 is 35.3 Å². The number of nitrogens with two attached hydrogens (primary N) is 2. The third kappa shape index (κ3) is 7.19. The van der Waals surface area contributed by atoms with Gasteiger partial charge in [-0.3, -0.25) is 9.59 Å². The summed E-state index contributed by atoms with van der Waals surface area (Å²) >= 11 is 0. The molecule has 3 fully saturated rings. The number of likely N-dealkylation sites (N-methyl/N-ethyl adjacent to an activating group) is 1. The molecule has 1 aromatic rings. The number of likely N-dealkylation sites (tertiary alicyclic amines) is 1. The number of rotatable bonds is 6. The second-order valence-corrected chi connectivity index (χ2v) is 12.2. The fraction of sp³-hybridized carbons (Fsp3) is 0.600. The van der Waals surface area contributed by atoms with Gasteiger partial charge >= 0.3 is 6.09 Å². The molecule has 1 saturated heterocycles. The summed E-state index contributed by atoms with van der Waals surface area (Å²) in [6.07, 6.45) is 8.36. The number of carbonyl (C=O) groups excluding carboxylic acids is 3. The van der Waals surface area contributed by atoms with E-state index < -0.39 is 17.1 Å². The van der Waals surface area contributed by atoms with Crippen LogP contribution in [0.4, 0.5) is 4.79 Å². The number of amides is 1. The molecule has 0 radical (unpaired) electrons. The highest BCUT2D eigenvalue weighted by atomic mass is 16.6. The van der Waals surface area contributed by atoms with Crippen LogP contribution in [0.25, 0.3) is 11.4 Å². The monoisotopic (exact) mass is 566 g/mol. The smallest absolute Gasteiger partial charge is 0.434 e. The highest BCUT2D eigenvalue weighted by Gasteiger charge is 2.49. The zero-order valence-electron chi connectivity index (χ0n) is 24.6. The maximum absolute atomic E-state index is 13.7. The van der Waals surface area contributed by atoms with Crippen LogP contribution in [0.3, 0.4) is 0 Å². The normalized spacial score (nSPS) is 25.7. The predicted molar refractivity (Wildman–Crippen MR) is 156 cm³/mol. The van der Waals surface area contributed by atoms with Gasteiger partial charge in [-0.15, -0.1) is 0 Å².